The van der Waals surface area contributed by atoms with Gasteiger partial charge >= 0.3 is 0 Å². The molecule has 2 aromatic carbocycles. The molecule has 2 aromatic rings. The first kappa shape index (κ1) is 18.9. The van der Waals surface area contributed by atoms with Gasteiger partial charge in [0, 0.05) is 25.8 Å². The molecule has 0 unspecified atom stereocenters. The van der Waals surface area contributed by atoms with Crippen molar-refractivity contribution in [1.29, 1.82) is 5.41 Å². The fourth-order valence-corrected chi connectivity index (χ4v) is 2.96. The number of hydrogen-bond donors (Lipinski definition) is 3. The fraction of sp³-hybridized carbons (Fsp3) is 0.0667. The number of aromatic hydroxyl groups is 1. The Morgan fingerprint density at radius 3 is 2.09 bits per heavy atom. The maximum Gasteiger partial charge on any atom is 0.248 e. The second-order valence-electron chi connectivity index (χ2n) is 4.28. The van der Waals surface area contributed by atoms with Gasteiger partial charge in [0.25, 0.3) is 0 Å². The lowest BCUT2D eigenvalue weighted by Crippen LogP contribution is -2.10. The van der Waals surface area contributed by atoms with Crippen molar-refractivity contribution in [2.45, 2.75) is 6.92 Å². The van der Waals surface area contributed by atoms with Crippen LogP contribution in [0.15, 0.2) is 49.8 Å². The molecule has 2 rings (SSSR count). The topological polar surface area (TPSA) is 87.2 Å². The highest BCUT2D eigenvalue weighted by molar-refractivity contribution is 9.11. The van der Waals surface area contributed by atoms with Crippen LogP contribution in [-0.2, 0) is 0 Å². The van der Waals surface area contributed by atoms with E-state index >= 15 is 0 Å². The van der Waals surface area contributed by atoms with Gasteiger partial charge in [0.05, 0.1) is 4.47 Å². The molecular weight excluding hydrogens is 480 g/mol. The average molecular weight is 493 g/mol. The van der Waals surface area contributed by atoms with E-state index in [2.05, 4.69) is 47.8 Å². The molecule has 0 radical (unpaired) electrons. The van der Waals surface area contributed by atoms with E-state index in [0.29, 0.717) is 21.3 Å². The van der Waals surface area contributed by atoms with Crippen LogP contribution in [0.5, 0.6) is 5.75 Å². The Bertz CT molecular complexity index is 701. The fourth-order valence-electron chi connectivity index (χ4n) is 1.47. The summed E-state index contributed by atoms with van der Waals surface area (Å²) in [4.78, 5) is 10.5. The van der Waals surface area contributed by atoms with Crippen LogP contribution >= 0.6 is 47.8 Å². The first-order valence-corrected chi connectivity index (χ1v) is 8.39. The minimum atomic E-state index is -0.396. The Morgan fingerprint density at radius 2 is 1.64 bits per heavy atom. The molecule has 0 aliphatic heterocycles. The lowest BCUT2D eigenvalue weighted by atomic mass is 10.1. The minimum absolute atomic E-state index is 0.116. The van der Waals surface area contributed by atoms with E-state index in [0.717, 1.165) is 8.95 Å². The molecule has 116 valence electrons. The second kappa shape index (κ2) is 8.45. The number of primary amides is 1. The molecule has 0 heterocycles. The van der Waals surface area contributed by atoms with Crippen LogP contribution in [0.2, 0.25) is 0 Å². The van der Waals surface area contributed by atoms with Crippen LogP contribution in [0.4, 0.5) is 0 Å². The minimum Gasteiger partial charge on any atom is -0.506 e. The number of benzene rings is 2. The summed E-state index contributed by atoms with van der Waals surface area (Å²) in [5.41, 5.74) is 6.42. The van der Waals surface area contributed by atoms with Crippen LogP contribution in [0.1, 0.15) is 22.8 Å². The summed E-state index contributed by atoms with van der Waals surface area (Å²) in [5.74, 6) is -0.279. The Labute approximate surface area is 153 Å². The highest BCUT2D eigenvalue weighted by Crippen LogP contribution is 2.31. The van der Waals surface area contributed by atoms with Crippen molar-refractivity contribution in [2.75, 3.05) is 0 Å². The molecule has 0 saturated heterocycles. The third-order valence-electron chi connectivity index (χ3n) is 2.56. The average Bonchev–Trinajstić information content (AvgIpc) is 2.43. The van der Waals surface area contributed by atoms with E-state index < -0.39 is 5.91 Å². The predicted octanol–water partition coefficient (Wildman–Crippen LogP) is 4.85. The summed E-state index contributed by atoms with van der Waals surface area (Å²) >= 11 is 9.71. The molecule has 0 spiro atoms. The second-order valence-corrected chi connectivity index (χ2v) is 6.97. The normalized spacial score (nSPS) is 9.64. The van der Waals surface area contributed by atoms with E-state index in [9.17, 15) is 9.90 Å². The zero-order valence-electron chi connectivity index (χ0n) is 11.5. The van der Waals surface area contributed by atoms with E-state index in [-0.39, 0.29) is 5.75 Å². The maximum absolute atomic E-state index is 10.5. The third kappa shape index (κ3) is 5.55. The molecular formula is C15H13Br3N2O2. The highest BCUT2D eigenvalue weighted by atomic mass is 79.9. The molecule has 0 fully saturated rings. The Morgan fingerprint density at radius 1 is 1.09 bits per heavy atom. The molecule has 0 aliphatic rings. The summed E-state index contributed by atoms with van der Waals surface area (Å²) in [5, 5.41) is 16.9. The summed E-state index contributed by atoms with van der Waals surface area (Å²) in [6, 6.07) is 10.4. The Balaban J connectivity index is 0.000000224. The van der Waals surface area contributed by atoms with Gasteiger partial charge in [-0.2, -0.15) is 0 Å². The number of carbonyl (C=O) groups excluding carboxylic acids is 1. The van der Waals surface area contributed by atoms with E-state index in [1.807, 2.05) is 0 Å². The Hall–Kier alpha value is -1.18. The van der Waals surface area contributed by atoms with Crippen LogP contribution in [-0.4, -0.2) is 16.7 Å². The number of halogens is 3. The first-order valence-electron chi connectivity index (χ1n) is 6.01. The van der Waals surface area contributed by atoms with E-state index in [1.165, 1.54) is 0 Å². The number of nitrogens with two attached hydrogens (primary N) is 1. The molecule has 0 aliphatic carbocycles. The van der Waals surface area contributed by atoms with Crippen molar-refractivity contribution in [3.63, 3.8) is 0 Å². The van der Waals surface area contributed by atoms with Gasteiger partial charge in [-0.25, -0.2) is 0 Å². The maximum atomic E-state index is 10.5. The van der Waals surface area contributed by atoms with Crippen LogP contribution in [0.3, 0.4) is 0 Å². The van der Waals surface area contributed by atoms with Crippen molar-refractivity contribution in [3.05, 3.63) is 60.9 Å². The van der Waals surface area contributed by atoms with Crippen LogP contribution in [0, 0.1) is 5.41 Å². The van der Waals surface area contributed by atoms with Gasteiger partial charge in [-0.1, -0.05) is 31.9 Å². The SMILES string of the molecule is CC(=N)c1cc(Br)cc(Br)c1O.NC(=O)c1ccc(Br)cc1. The van der Waals surface area contributed by atoms with Crippen molar-refractivity contribution in [2.24, 2.45) is 5.73 Å². The third-order valence-corrected chi connectivity index (χ3v) is 4.15. The lowest BCUT2D eigenvalue weighted by Gasteiger charge is -2.04. The van der Waals surface area contributed by atoms with Crippen molar-refractivity contribution >= 4 is 59.4 Å². The van der Waals surface area contributed by atoms with Gasteiger partial charge < -0.3 is 16.2 Å². The summed E-state index contributed by atoms with van der Waals surface area (Å²) in [7, 11) is 0. The van der Waals surface area contributed by atoms with Gasteiger partial charge in [0.2, 0.25) is 5.91 Å². The largest absolute Gasteiger partial charge is 0.506 e. The molecule has 4 N–H and O–H groups in total. The molecule has 0 bridgehead atoms. The van der Waals surface area contributed by atoms with Gasteiger partial charge in [-0.3, -0.25) is 4.79 Å². The monoisotopic (exact) mass is 490 g/mol. The zero-order valence-corrected chi connectivity index (χ0v) is 16.3. The summed E-state index contributed by atoms with van der Waals surface area (Å²) < 4.78 is 2.38. The first-order chi connectivity index (χ1) is 10.2. The van der Waals surface area contributed by atoms with Crippen LogP contribution in [0.25, 0.3) is 0 Å². The summed E-state index contributed by atoms with van der Waals surface area (Å²) in [6.07, 6.45) is 0. The van der Waals surface area contributed by atoms with E-state index in [1.54, 1.807) is 43.3 Å². The molecule has 0 saturated carbocycles. The molecule has 22 heavy (non-hydrogen) atoms. The lowest BCUT2D eigenvalue weighted by molar-refractivity contribution is 0.100. The highest BCUT2D eigenvalue weighted by Gasteiger charge is 2.08. The molecule has 0 atom stereocenters. The number of rotatable bonds is 2. The zero-order chi connectivity index (χ0) is 16.9. The molecule has 1 amide bonds. The van der Waals surface area contributed by atoms with Gasteiger partial charge in [0.1, 0.15) is 5.75 Å². The van der Waals surface area contributed by atoms with Crippen molar-refractivity contribution in [3.8, 4) is 5.75 Å². The number of phenolic OH excluding ortho intramolecular Hbond substituents is 1. The van der Waals surface area contributed by atoms with Gasteiger partial charge in [-0.05, 0) is 59.3 Å². The molecule has 0 aromatic heterocycles. The quantitative estimate of drug-likeness (QED) is 0.523. The van der Waals surface area contributed by atoms with Crippen molar-refractivity contribution in [1.82, 2.24) is 0 Å². The number of hydrogen-bond acceptors (Lipinski definition) is 3. The predicted molar refractivity (Wildman–Crippen MR) is 98.7 cm³/mol. The van der Waals surface area contributed by atoms with Gasteiger partial charge in [0.15, 0.2) is 0 Å². The molecule has 4 nitrogen and oxygen atoms in total. The summed E-state index contributed by atoms with van der Waals surface area (Å²) in [6.45, 7) is 1.63. The van der Waals surface area contributed by atoms with Crippen LogP contribution < -0.4 is 5.73 Å². The number of amides is 1. The van der Waals surface area contributed by atoms with Crippen molar-refractivity contribution < 1.29 is 9.90 Å². The number of carbonyl (C=O) groups is 1. The smallest absolute Gasteiger partial charge is 0.248 e. The van der Waals surface area contributed by atoms with Gasteiger partial charge in [-0.15, -0.1) is 0 Å². The number of nitrogens with one attached hydrogen (secondary N) is 1. The Kier molecular flexibility index (Phi) is 7.25. The standard InChI is InChI=1S/C8H7Br2NO.C7H6BrNO/c1-4(11)6-2-5(9)3-7(10)8(6)12;8-6-3-1-5(2-4-6)7(9)10/h2-3,11-12H,1H3;1-4H,(H2,9,10). The number of phenols is 1. The van der Waals surface area contributed by atoms with E-state index in [4.69, 9.17) is 11.1 Å². The molecule has 7 heteroatoms.